The Labute approximate surface area is 123 Å². The van der Waals surface area contributed by atoms with Gasteiger partial charge in [0.05, 0.1) is 18.1 Å². The van der Waals surface area contributed by atoms with Crippen LogP contribution in [0.4, 0.5) is 4.39 Å². The van der Waals surface area contributed by atoms with Gasteiger partial charge in [-0.2, -0.15) is 5.26 Å². The number of carbonyl (C=O) groups is 1. The fraction of sp³-hybridized carbons (Fsp3) is 0.176. The molecule has 0 fully saturated rings. The Balaban J connectivity index is 1.95. The number of halogens is 1. The molecule has 0 spiro atoms. The van der Waals surface area contributed by atoms with Crippen LogP contribution >= 0.6 is 0 Å². The van der Waals surface area contributed by atoms with Gasteiger partial charge in [0.25, 0.3) is 0 Å². The lowest BCUT2D eigenvalue weighted by Gasteiger charge is -2.17. The quantitative estimate of drug-likeness (QED) is 0.865. The van der Waals surface area contributed by atoms with Crippen molar-refractivity contribution in [2.45, 2.75) is 13.0 Å². The Kier molecular flexibility index (Phi) is 4.68. The van der Waals surface area contributed by atoms with Crippen molar-refractivity contribution in [3.63, 3.8) is 0 Å². The second kappa shape index (κ2) is 6.67. The van der Waals surface area contributed by atoms with Gasteiger partial charge in [0.2, 0.25) is 5.91 Å². The van der Waals surface area contributed by atoms with Crippen molar-refractivity contribution in [1.82, 2.24) is 4.90 Å². The van der Waals surface area contributed by atoms with Gasteiger partial charge in [-0.15, -0.1) is 0 Å². The molecule has 2 rings (SSSR count). The van der Waals surface area contributed by atoms with Gasteiger partial charge in [-0.25, -0.2) is 4.39 Å². The molecule has 3 nitrogen and oxygen atoms in total. The number of amides is 1. The van der Waals surface area contributed by atoms with E-state index in [4.69, 9.17) is 5.26 Å². The van der Waals surface area contributed by atoms with Crippen molar-refractivity contribution in [2.75, 3.05) is 7.05 Å². The van der Waals surface area contributed by atoms with E-state index >= 15 is 0 Å². The summed E-state index contributed by atoms with van der Waals surface area (Å²) in [4.78, 5) is 13.7. The Morgan fingerprint density at radius 2 is 1.67 bits per heavy atom. The molecule has 0 heterocycles. The van der Waals surface area contributed by atoms with Crippen LogP contribution in [0, 0.1) is 17.1 Å². The molecular weight excluding hydrogens is 267 g/mol. The number of rotatable bonds is 4. The number of benzene rings is 2. The summed E-state index contributed by atoms with van der Waals surface area (Å²) in [7, 11) is 1.73. The summed E-state index contributed by atoms with van der Waals surface area (Å²) in [5.74, 6) is -0.344. The zero-order valence-electron chi connectivity index (χ0n) is 11.7. The molecule has 0 atom stereocenters. The van der Waals surface area contributed by atoms with Crippen molar-refractivity contribution in [3.05, 3.63) is 71.0 Å². The monoisotopic (exact) mass is 282 g/mol. The van der Waals surface area contributed by atoms with E-state index in [-0.39, 0.29) is 18.1 Å². The minimum atomic E-state index is -0.308. The average Bonchev–Trinajstić information content (AvgIpc) is 2.50. The molecule has 0 bridgehead atoms. The number of nitrogens with zero attached hydrogens (tertiary/aromatic N) is 2. The highest BCUT2D eigenvalue weighted by Gasteiger charge is 2.10. The third-order valence-electron chi connectivity index (χ3n) is 3.20. The van der Waals surface area contributed by atoms with E-state index in [1.54, 1.807) is 36.2 Å². The maximum absolute atomic E-state index is 12.8. The Bertz CT molecular complexity index is 657. The summed E-state index contributed by atoms with van der Waals surface area (Å²) in [6.07, 6.45) is 0.243. The smallest absolute Gasteiger partial charge is 0.227 e. The summed E-state index contributed by atoms with van der Waals surface area (Å²) in [5, 5.41) is 8.74. The molecular formula is C17H15FN2O. The first kappa shape index (κ1) is 14.7. The standard InChI is InChI=1S/C17H15FN2O/c1-20(12-15-4-2-14(11-19)3-5-15)17(21)10-13-6-8-16(18)9-7-13/h2-9H,10,12H2,1H3. The maximum Gasteiger partial charge on any atom is 0.227 e. The summed E-state index contributed by atoms with van der Waals surface area (Å²) < 4.78 is 12.8. The molecule has 0 aromatic heterocycles. The van der Waals surface area contributed by atoms with Crippen LogP contribution in [0.15, 0.2) is 48.5 Å². The van der Waals surface area contributed by atoms with Crippen LogP contribution in [-0.2, 0) is 17.8 Å². The molecule has 4 heteroatoms. The lowest BCUT2D eigenvalue weighted by Crippen LogP contribution is -2.27. The van der Waals surface area contributed by atoms with Gasteiger partial charge < -0.3 is 4.90 Å². The number of nitriles is 1. The highest BCUT2D eigenvalue weighted by atomic mass is 19.1. The Morgan fingerprint density at radius 1 is 1.10 bits per heavy atom. The molecule has 0 radical (unpaired) electrons. The van der Waals surface area contributed by atoms with Crippen LogP contribution in [0.3, 0.4) is 0 Å². The predicted molar refractivity (Wildman–Crippen MR) is 77.7 cm³/mol. The van der Waals surface area contributed by atoms with E-state index in [9.17, 15) is 9.18 Å². The molecule has 2 aromatic carbocycles. The average molecular weight is 282 g/mol. The van der Waals surface area contributed by atoms with E-state index in [1.165, 1.54) is 12.1 Å². The molecule has 0 saturated carbocycles. The lowest BCUT2D eigenvalue weighted by atomic mass is 10.1. The van der Waals surface area contributed by atoms with Crippen molar-refractivity contribution in [3.8, 4) is 6.07 Å². The Hall–Kier alpha value is -2.67. The minimum Gasteiger partial charge on any atom is -0.341 e. The highest BCUT2D eigenvalue weighted by molar-refractivity contribution is 5.78. The first-order valence-corrected chi connectivity index (χ1v) is 6.56. The van der Waals surface area contributed by atoms with E-state index in [2.05, 4.69) is 6.07 Å². The second-order valence-electron chi connectivity index (χ2n) is 4.86. The third-order valence-corrected chi connectivity index (χ3v) is 3.20. The van der Waals surface area contributed by atoms with Gasteiger partial charge in [0.15, 0.2) is 0 Å². The molecule has 106 valence electrons. The highest BCUT2D eigenvalue weighted by Crippen LogP contribution is 2.09. The van der Waals surface area contributed by atoms with Crippen LogP contribution in [0.5, 0.6) is 0 Å². The van der Waals surface area contributed by atoms with E-state index in [0.29, 0.717) is 12.1 Å². The normalized spacial score (nSPS) is 9.95. The molecule has 0 aliphatic heterocycles. The largest absolute Gasteiger partial charge is 0.341 e. The molecule has 1 amide bonds. The first-order valence-electron chi connectivity index (χ1n) is 6.56. The number of likely N-dealkylation sites (N-methyl/N-ethyl adjacent to an activating group) is 1. The molecule has 2 aromatic rings. The van der Waals surface area contributed by atoms with Crippen LogP contribution in [0.25, 0.3) is 0 Å². The predicted octanol–water partition coefficient (Wildman–Crippen LogP) is 2.90. The molecule has 0 aliphatic rings. The van der Waals surface area contributed by atoms with Crippen molar-refractivity contribution >= 4 is 5.91 Å². The lowest BCUT2D eigenvalue weighted by molar-refractivity contribution is -0.129. The molecule has 21 heavy (non-hydrogen) atoms. The van der Waals surface area contributed by atoms with E-state index in [1.807, 2.05) is 12.1 Å². The van der Waals surface area contributed by atoms with E-state index in [0.717, 1.165) is 11.1 Å². The molecule has 0 saturated heterocycles. The minimum absolute atomic E-state index is 0.0361. The topological polar surface area (TPSA) is 44.1 Å². The van der Waals surface area contributed by atoms with Crippen molar-refractivity contribution in [2.24, 2.45) is 0 Å². The molecule has 0 N–H and O–H groups in total. The zero-order valence-corrected chi connectivity index (χ0v) is 11.7. The number of hydrogen-bond donors (Lipinski definition) is 0. The SMILES string of the molecule is CN(Cc1ccc(C#N)cc1)C(=O)Cc1ccc(F)cc1. The van der Waals surface area contributed by atoms with Crippen molar-refractivity contribution < 1.29 is 9.18 Å². The fourth-order valence-electron chi connectivity index (χ4n) is 1.96. The van der Waals surface area contributed by atoms with Gasteiger partial charge in [-0.05, 0) is 35.4 Å². The summed E-state index contributed by atoms with van der Waals surface area (Å²) in [6.45, 7) is 0.478. The summed E-state index contributed by atoms with van der Waals surface area (Å²) >= 11 is 0. The van der Waals surface area contributed by atoms with Gasteiger partial charge >= 0.3 is 0 Å². The summed E-state index contributed by atoms with van der Waals surface area (Å²) in [6, 6.07) is 15.1. The second-order valence-corrected chi connectivity index (χ2v) is 4.86. The fourth-order valence-corrected chi connectivity index (χ4v) is 1.96. The van der Waals surface area contributed by atoms with Gasteiger partial charge in [-0.1, -0.05) is 24.3 Å². The van der Waals surface area contributed by atoms with Crippen LogP contribution in [0.1, 0.15) is 16.7 Å². The zero-order chi connectivity index (χ0) is 15.2. The van der Waals surface area contributed by atoms with Crippen LogP contribution in [0.2, 0.25) is 0 Å². The number of hydrogen-bond acceptors (Lipinski definition) is 2. The van der Waals surface area contributed by atoms with E-state index < -0.39 is 0 Å². The maximum atomic E-state index is 12.8. The van der Waals surface area contributed by atoms with Gasteiger partial charge in [0.1, 0.15) is 5.82 Å². The van der Waals surface area contributed by atoms with Crippen LogP contribution < -0.4 is 0 Å². The van der Waals surface area contributed by atoms with Gasteiger partial charge in [-0.3, -0.25) is 4.79 Å². The summed E-state index contributed by atoms with van der Waals surface area (Å²) in [5.41, 5.74) is 2.34. The first-order chi connectivity index (χ1) is 10.1. The molecule has 0 unspecified atom stereocenters. The Morgan fingerprint density at radius 3 is 2.24 bits per heavy atom. The van der Waals surface area contributed by atoms with Crippen molar-refractivity contribution in [1.29, 1.82) is 5.26 Å². The van der Waals surface area contributed by atoms with Crippen LogP contribution in [-0.4, -0.2) is 17.9 Å². The van der Waals surface area contributed by atoms with Gasteiger partial charge in [0, 0.05) is 13.6 Å². The third kappa shape index (κ3) is 4.15. The number of carbonyl (C=O) groups excluding carboxylic acids is 1. The molecule has 0 aliphatic carbocycles.